The zero-order valence-corrected chi connectivity index (χ0v) is 16.8. The summed E-state index contributed by atoms with van der Waals surface area (Å²) in [5.74, 6) is 3.33. The Bertz CT molecular complexity index is 949. The van der Waals surface area contributed by atoms with Crippen molar-refractivity contribution in [1.82, 2.24) is 20.3 Å². The highest BCUT2D eigenvalue weighted by atomic mass is 16.5. The van der Waals surface area contributed by atoms with E-state index in [-0.39, 0.29) is 5.91 Å². The molecular weight excluding hydrogens is 380 g/mol. The van der Waals surface area contributed by atoms with Crippen molar-refractivity contribution in [2.75, 3.05) is 36.9 Å². The van der Waals surface area contributed by atoms with Gasteiger partial charge in [0.2, 0.25) is 11.9 Å². The van der Waals surface area contributed by atoms with Gasteiger partial charge in [-0.25, -0.2) is 15.0 Å². The maximum absolute atomic E-state index is 12.0. The summed E-state index contributed by atoms with van der Waals surface area (Å²) in [5, 5.41) is 2.98. The lowest BCUT2D eigenvalue weighted by atomic mass is 10.1. The van der Waals surface area contributed by atoms with Gasteiger partial charge in [-0.2, -0.15) is 0 Å². The van der Waals surface area contributed by atoms with Crippen LogP contribution in [0.25, 0.3) is 6.08 Å². The highest BCUT2D eigenvalue weighted by molar-refractivity contribution is 5.91. The van der Waals surface area contributed by atoms with E-state index >= 15 is 0 Å². The molecule has 0 spiro atoms. The smallest absolute Gasteiger partial charge is 0.244 e. The van der Waals surface area contributed by atoms with Crippen molar-refractivity contribution >= 4 is 23.7 Å². The molecule has 8 heteroatoms. The molecule has 3 N–H and O–H groups in total. The average Bonchev–Trinajstić information content (AvgIpc) is 3.21. The Morgan fingerprint density at radius 3 is 2.93 bits per heavy atom. The predicted molar refractivity (Wildman–Crippen MR) is 113 cm³/mol. The van der Waals surface area contributed by atoms with Crippen molar-refractivity contribution < 1.29 is 9.53 Å². The molecule has 2 fully saturated rings. The van der Waals surface area contributed by atoms with Crippen molar-refractivity contribution in [2.24, 2.45) is 17.8 Å². The second-order valence-electron chi connectivity index (χ2n) is 8.27. The van der Waals surface area contributed by atoms with Crippen LogP contribution in [0.3, 0.4) is 0 Å². The standard InChI is InChI=1S/C22H26N6O2/c23-20-3-1-14(9-25-20)2-4-21(29)24-7-5-16-17-11-28(12-18(16)17)22-26-10-15-13-30-8-6-19(15)27-22/h1-4,9-10,16-18H,5-8,11-13H2,(H2,23,25)(H,24,29)/b4-2+/t16-,17-,18+. The fourth-order valence-electron chi connectivity index (χ4n) is 4.62. The molecule has 1 amide bonds. The van der Waals surface area contributed by atoms with Crippen LogP contribution in [0.1, 0.15) is 23.2 Å². The third-order valence-corrected chi connectivity index (χ3v) is 6.35. The molecule has 3 atom stereocenters. The van der Waals surface area contributed by atoms with Crippen molar-refractivity contribution in [2.45, 2.75) is 19.4 Å². The first-order valence-corrected chi connectivity index (χ1v) is 10.5. The number of carbonyl (C=O) groups is 1. The van der Waals surface area contributed by atoms with Gasteiger partial charge in [-0.3, -0.25) is 4.79 Å². The van der Waals surface area contributed by atoms with Gasteiger partial charge in [0.15, 0.2) is 0 Å². The van der Waals surface area contributed by atoms with Crippen LogP contribution in [-0.2, 0) is 22.6 Å². The largest absolute Gasteiger partial charge is 0.384 e. The Morgan fingerprint density at radius 1 is 1.27 bits per heavy atom. The highest BCUT2D eigenvalue weighted by Gasteiger charge is 2.55. The second-order valence-corrected chi connectivity index (χ2v) is 8.27. The molecule has 30 heavy (non-hydrogen) atoms. The lowest BCUT2D eigenvalue weighted by Gasteiger charge is -2.22. The van der Waals surface area contributed by atoms with Gasteiger partial charge in [-0.1, -0.05) is 0 Å². The molecule has 156 valence electrons. The number of ether oxygens (including phenoxy) is 1. The van der Waals surface area contributed by atoms with E-state index in [4.69, 9.17) is 15.5 Å². The van der Waals surface area contributed by atoms with Crippen molar-refractivity contribution in [3.63, 3.8) is 0 Å². The van der Waals surface area contributed by atoms with Crippen molar-refractivity contribution in [3.8, 4) is 0 Å². The lowest BCUT2D eigenvalue weighted by Crippen LogP contribution is -2.28. The van der Waals surface area contributed by atoms with Gasteiger partial charge < -0.3 is 20.7 Å². The number of rotatable bonds is 6. The van der Waals surface area contributed by atoms with Crippen molar-refractivity contribution in [1.29, 1.82) is 0 Å². The van der Waals surface area contributed by atoms with Gasteiger partial charge in [0, 0.05) is 50.1 Å². The quantitative estimate of drug-likeness (QED) is 0.699. The van der Waals surface area contributed by atoms with Crippen LogP contribution in [0.15, 0.2) is 30.6 Å². The summed E-state index contributed by atoms with van der Waals surface area (Å²) in [6.45, 7) is 4.11. The van der Waals surface area contributed by atoms with E-state index in [2.05, 4.69) is 20.2 Å². The maximum atomic E-state index is 12.0. The number of carbonyl (C=O) groups excluding carboxylic acids is 1. The third kappa shape index (κ3) is 4.00. The molecule has 2 aromatic heterocycles. The predicted octanol–water partition coefficient (Wildman–Crippen LogP) is 1.43. The molecule has 1 aliphatic carbocycles. The fraction of sp³-hybridized carbons (Fsp3) is 0.455. The number of hydrogen-bond donors (Lipinski definition) is 2. The number of nitrogens with two attached hydrogens (primary N) is 1. The first kappa shape index (κ1) is 19.0. The van der Waals surface area contributed by atoms with Gasteiger partial charge in [0.05, 0.1) is 18.9 Å². The molecule has 0 bridgehead atoms. The lowest BCUT2D eigenvalue weighted by molar-refractivity contribution is -0.116. The van der Waals surface area contributed by atoms with Gasteiger partial charge in [0.25, 0.3) is 0 Å². The summed E-state index contributed by atoms with van der Waals surface area (Å²) in [6, 6.07) is 3.56. The van der Waals surface area contributed by atoms with Crippen LogP contribution in [-0.4, -0.2) is 47.1 Å². The molecule has 1 saturated heterocycles. The second kappa shape index (κ2) is 8.02. The number of fused-ring (bicyclic) bond motifs is 2. The van der Waals surface area contributed by atoms with Gasteiger partial charge in [0.1, 0.15) is 5.82 Å². The SMILES string of the molecule is Nc1ccc(/C=C/C(=O)NCC[C@@H]2[C@H]3CN(c4ncc5c(n4)CCOC5)C[C@@H]23)cn1. The molecule has 0 unspecified atom stereocenters. The Labute approximate surface area is 175 Å². The van der Waals surface area contributed by atoms with E-state index in [0.717, 1.165) is 55.3 Å². The Morgan fingerprint density at radius 2 is 2.13 bits per heavy atom. The van der Waals surface area contributed by atoms with Crippen LogP contribution in [0.4, 0.5) is 11.8 Å². The molecule has 4 heterocycles. The summed E-state index contributed by atoms with van der Waals surface area (Å²) in [4.78, 5) is 27.6. The van der Waals surface area contributed by atoms with E-state index in [1.54, 1.807) is 24.4 Å². The third-order valence-electron chi connectivity index (χ3n) is 6.35. The number of aromatic nitrogens is 3. The molecule has 2 aliphatic heterocycles. The van der Waals surface area contributed by atoms with E-state index < -0.39 is 0 Å². The number of amides is 1. The Balaban J connectivity index is 1.05. The molecule has 2 aromatic rings. The molecular formula is C22H26N6O2. The first-order chi connectivity index (χ1) is 14.7. The van der Waals surface area contributed by atoms with Gasteiger partial charge in [-0.15, -0.1) is 0 Å². The van der Waals surface area contributed by atoms with Crippen LogP contribution >= 0.6 is 0 Å². The molecule has 5 rings (SSSR count). The van der Waals surface area contributed by atoms with Crippen LogP contribution in [0.5, 0.6) is 0 Å². The normalized spacial score (nSPS) is 24.5. The number of hydrogen-bond acceptors (Lipinski definition) is 7. The number of nitrogens with one attached hydrogen (secondary N) is 1. The van der Waals surface area contributed by atoms with E-state index in [1.165, 1.54) is 0 Å². The fourth-order valence-corrected chi connectivity index (χ4v) is 4.62. The average molecular weight is 406 g/mol. The maximum Gasteiger partial charge on any atom is 0.244 e. The molecule has 8 nitrogen and oxygen atoms in total. The molecule has 3 aliphatic rings. The van der Waals surface area contributed by atoms with Crippen LogP contribution < -0.4 is 16.0 Å². The number of nitrogens with zero attached hydrogens (tertiary/aromatic N) is 4. The highest BCUT2D eigenvalue weighted by Crippen LogP contribution is 2.53. The van der Waals surface area contributed by atoms with Gasteiger partial charge >= 0.3 is 0 Å². The molecule has 1 saturated carbocycles. The van der Waals surface area contributed by atoms with E-state index in [9.17, 15) is 4.79 Å². The zero-order chi connectivity index (χ0) is 20.5. The Kier molecular flexibility index (Phi) is 5.08. The Hall–Kier alpha value is -3.00. The topological polar surface area (TPSA) is 106 Å². The van der Waals surface area contributed by atoms with E-state index in [0.29, 0.717) is 36.7 Å². The summed E-state index contributed by atoms with van der Waals surface area (Å²) >= 11 is 0. The first-order valence-electron chi connectivity index (χ1n) is 10.5. The zero-order valence-electron chi connectivity index (χ0n) is 16.8. The van der Waals surface area contributed by atoms with Crippen LogP contribution in [0.2, 0.25) is 0 Å². The summed E-state index contributed by atoms with van der Waals surface area (Å²) < 4.78 is 5.46. The summed E-state index contributed by atoms with van der Waals surface area (Å²) in [6.07, 6.45) is 8.75. The van der Waals surface area contributed by atoms with Crippen LogP contribution in [0, 0.1) is 17.8 Å². The number of nitrogen functional groups attached to an aromatic ring is 1. The van der Waals surface area contributed by atoms with E-state index in [1.807, 2.05) is 12.3 Å². The summed E-state index contributed by atoms with van der Waals surface area (Å²) in [7, 11) is 0. The molecule has 0 radical (unpaired) electrons. The van der Waals surface area contributed by atoms with Gasteiger partial charge in [-0.05, 0) is 47.9 Å². The number of anilines is 2. The monoisotopic (exact) mass is 406 g/mol. The minimum atomic E-state index is -0.0781. The summed E-state index contributed by atoms with van der Waals surface area (Å²) in [5.41, 5.74) is 8.66. The van der Waals surface area contributed by atoms with Crippen molar-refractivity contribution in [3.05, 3.63) is 47.4 Å². The minimum absolute atomic E-state index is 0.0781. The number of pyridine rings is 1. The minimum Gasteiger partial charge on any atom is -0.384 e. The molecule has 0 aromatic carbocycles. The number of piperidine rings is 1.